The van der Waals surface area contributed by atoms with Crippen molar-refractivity contribution in [3.05, 3.63) is 34.9 Å². The number of hydrogen-bond acceptors (Lipinski definition) is 0. The van der Waals surface area contributed by atoms with Gasteiger partial charge in [-0.25, -0.2) is 8.78 Å². The van der Waals surface area contributed by atoms with Crippen molar-refractivity contribution < 1.29 is 8.78 Å². The fourth-order valence-electron chi connectivity index (χ4n) is 6.50. The lowest BCUT2D eigenvalue weighted by Gasteiger charge is -2.30. The van der Waals surface area contributed by atoms with E-state index in [0.29, 0.717) is 17.5 Å². The first-order valence-corrected chi connectivity index (χ1v) is 14.1. The average molecular weight is 447 g/mol. The third-order valence-corrected chi connectivity index (χ3v) is 8.66. The average Bonchev–Trinajstić information content (AvgIpc) is 2.82. The summed E-state index contributed by atoms with van der Waals surface area (Å²) < 4.78 is 29.0. The third-order valence-electron chi connectivity index (χ3n) is 8.66. The number of rotatable bonds is 12. The highest BCUT2D eigenvalue weighted by Gasteiger charge is 2.26. The van der Waals surface area contributed by atoms with Gasteiger partial charge >= 0.3 is 0 Å². The van der Waals surface area contributed by atoms with Gasteiger partial charge in [0.1, 0.15) is 0 Å². The van der Waals surface area contributed by atoms with E-state index in [4.69, 9.17) is 0 Å². The Morgan fingerprint density at radius 3 is 1.62 bits per heavy atom. The number of halogens is 2. The molecule has 0 spiro atoms. The second kappa shape index (κ2) is 13.7. The minimum Gasteiger partial charge on any atom is -0.203 e. The Bertz CT molecular complexity index is 651. The molecular formula is C30H48F2. The number of unbranched alkanes of at least 4 members (excludes halogenated alkanes) is 3. The summed E-state index contributed by atoms with van der Waals surface area (Å²) in [6.07, 6.45) is 23.0. The zero-order valence-corrected chi connectivity index (χ0v) is 20.9. The van der Waals surface area contributed by atoms with Crippen molar-refractivity contribution in [3.63, 3.8) is 0 Å². The van der Waals surface area contributed by atoms with Crippen molar-refractivity contribution in [3.8, 4) is 0 Å². The lowest BCUT2D eigenvalue weighted by molar-refractivity contribution is 0.240. The van der Waals surface area contributed by atoms with Gasteiger partial charge in [0.15, 0.2) is 11.6 Å². The van der Waals surface area contributed by atoms with Gasteiger partial charge in [0.2, 0.25) is 0 Å². The van der Waals surface area contributed by atoms with Crippen molar-refractivity contribution in [2.75, 3.05) is 0 Å². The maximum Gasteiger partial charge on any atom is 0.162 e. The van der Waals surface area contributed by atoms with Crippen LogP contribution in [0.4, 0.5) is 8.78 Å². The molecule has 0 atom stereocenters. The Labute approximate surface area is 197 Å². The molecule has 0 heterocycles. The van der Waals surface area contributed by atoms with Gasteiger partial charge in [0, 0.05) is 0 Å². The van der Waals surface area contributed by atoms with Gasteiger partial charge in [-0.3, -0.25) is 0 Å². The van der Waals surface area contributed by atoms with Crippen LogP contribution in [-0.4, -0.2) is 0 Å². The molecule has 0 aliphatic heterocycles. The van der Waals surface area contributed by atoms with Crippen LogP contribution >= 0.6 is 0 Å². The molecule has 0 radical (unpaired) electrons. The van der Waals surface area contributed by atoms with Crippen LogP contribution in [0.5, 0.6) is 0 Å². The van der Waals surface area contributed by atoms with Crippen LogP contribution in [0.3, 0.4) is 0 Å². The molecular weight excluding hydrogens is 398 g/mol. The molecule has 0 unspecified atom stereocenters. The molecule has 32 heavy (non-hydrogen) atoms. The van der Waals surface area contributed by atoms with E-state index in [9.17, 15) is 8.78 Å². The molecule has 2 fully saturated rings. The molecule has 1 aromatic carbocycles. The van der Waals surface area contributed by atoms with E-state index in [2.05, 4.69) is 6.92 Å². The van der Waals surface area contributed by atoms with Crippen molar-refractivity contribution in [2.45, 2.75) is 135 Å². The van der Waals surface area contributed by atoms with Gasteiger partial charge in [-0.2, -0.15) is 0 Å². The summed E-state index contributed by atoms with van der Waals surface area (Å²) in [6, 6.07) is 3.69. The van der Waals surface area contributed by atoms with E-state index in [1.54, 1.807) is 0 Å². The fraction of sp³-hybridized carbons (Fsp3) is 0.800. The van der Waals surface area contributed by atoms with Gasteiger partial charge in [0.05, 0.1) is 0 Å². The van der Waals surface area contributed by atoms with Gasteiger partial charge < -0.3 is 0 Å². The molecule has 2 aliphatic carbocycles. The highest BCUT2D eigenvalue weighted by Crippen LogP contribution is 2.40. The zero-order chi connectivity index (χ0) is 22.8. The molecule has 2 heteroatoms. The minimum absolute atomic E-state index is 0.212. The van der Waals surface area contributed by atoms with Crippen LogP contribution in [0, 0.1) is 29.4 Å². The van der Waals surface area contributed by atoms with Crippen LogP contribution < -0.4 is 0 Å². The topological polar surface area (TPSA) is 0 Å². The molecule has 0 aromatic heterocycles. The normalized spacial score (nSPS) is 26.4. The molecule has 0 saturated heterocycles. The van der Waals surface area contributed by atoms with E-state index >= 15 is 0 Å². The predicted molar refractivity (Wildman–Crippen MR) is 133 cm³/mol. The van der Waals surface area contributed by atoms with Crippen molar-refractivity contribution in [2.24, 2.45) is 17.8 Å². The maximum absolute atomic E-state index is 14.6. The van der Waals surface area contributed by atoms with E-state index < -0.39 is 11.6 Å². The smallest absolute Gasteiger partial charge is 0.162 e. The number of benzene rings is 1. The summed E-state index contributed by atoms with van der Waals surface area (Å²) in [5.74, 6) is 1.86. The third kappa shape index (κ3) is 7.56. The molecule has 3 rings (SSSR count). The highest BCUT2D eigenvalue weighted by molar-refractivity contribution is 5.29. The molecule has 2 saturated carbocycles. The zero-order valence-electron chi connectivity index (χ0n) is 20.9. The summed E-state index contributed by atoms with van der Waals surface area (Å²) in [7, 11) is 0. The first kappa shape index (κ1) is 25.7. The Kier molecular flexibility index (Phi) is 11.0. The standard InChI is InChI=1S/C30H48F2/c1-3-5-6-10-23-13-15-24(16-14-23)11-7-8-12-25-17-19-26(20-18-25)28-22-21-27(9-4-2)29(31)30(28)32/h21-26H,3-20H2,1-2H3/t23-,24-,25?,26?. The van der Waals surface area contributed by atoms with Gasteiger partial charge in [-0.1, -0.05) is 109 Å². The van der Waals surface area contributed by atoms with Gasteiger partial charge in [-0.15, -0.1) is 0 Å². The fourth-order valence-corrected chi connectivity index (χ4v) is 6.50. The number of aryl methyl sites for hydroxylation is 1. The van der Waals surface area contributed by atoms with Crippen molar-refractivity contribution in [1.29, 1.82) is 0 Å². The lowest BCUT2D eigenvalue weighted by Crippen LogP contribution is -2.16. The first-order chi connectivity index (χ1) is 15.6. The second-order valence-corrected chi connectivity index (χ2v) is 11.1. The molecule has 0 nitrogen and oxygen atoms in total. The van der Waals surface area contributed by atoms with E-state index in [1.807, 2.05) is 19.1 Å². The van der Waals surface area contributed by atoms with Crippen molar-refractivity contribution in [1.82, 2.24) is 0 Å². The summed E-state index contributed by atoms with van der Waals surface area (Å²) in [6.45, 7) is 4.31. The van der Waals surface area contributed by atoms with Crippen LogP contribution in [0.1, 0.15) is 140 Å². The van der Waals surface area contributed by atoms with Crippen molar-refractivity contribution >= 4 is 0 Å². The monoisotopic (exact) mass is 446 g/mol. The summed E-state index contributed by atoms with van der Waals surface area (Å²) >= 11 is 0. The van der Waals surface area contributed by atoms with Crippen LogP contribution in [0.15, 0.2) is 12.1 Å². The quantitative estimate of drug-likeness (QED) is 0.280. The molecule has 1 aromatic rings. The molecule has 2 aliphatic rings. The van der Waals surface area contributed by atoms with Gasteiger partial charge in [-0.05, 0) is 66.9 Å². The van der Waals surface area contributed by atoms with Crippen LogP contribution in [-0.2, 0) is 6.42 Å². The van der Waals surface area contributed by atoms with Crippen LogP contribution in [0.25, 0.3) is 0 Å². The minimum atomic E-state index is -0.596. The van der Waals surface area contributed by atoms with Gasteiger partial charge in [0.25, 0.3) is 0 Å². The predicted octanol–water partition coefficient (Wildman–Crippen LogP) is 10.1. The molecule has 182 valence electrons. The highest BCUT2D eigenvalue weighted by atomic mass is 19.2. The lowest BCUT2D eigenvalue weighted by atomic mass is 9.76. The molecule has 0 amide bonds. The Morgan fingerprint density at radius 1 is 0.625 bits per heavy atom. The molecule has 0 bridgehead atoms. The second-order valence-electron chi connectivity index (χ2n) is 11.1. The summed E-state index contributed by atoms with van der Waals surface area (Å²) in [4.78, 5) is 0. The molecule has 0 N–H and O–H groups in total. The Balaban J connectivity index is 1.30. The van der Waals surface area contributed by atoms with E-state index in [-0.39, 0.29) is 5.92 Å². The Morgan fingerprint density at radius 2 is 1.12 bits per heavy atom. The first-order valence-electron chi connectivity index (χ1n) is 14.1. The Hall–Kier alpha value is -0.920. The van der Waals surface area contributed by atoms with Crippen LogP contribution in [0.2, 0.25) is 0 Å². The largest absolute Gasteiger partial charge is 0.203 e. The van der Waals surface area contributed by atoms with E-state index in [1.165, 1.54) is 89.9 Å². The number of hydrogen-bond donors (Lipinski definition) is 0. The maximum atomic E-state index is 14.6. The summed E-state index contributed by atoms with van der Waals surface area (Å²) in [5.41, 5.74) is 1.17. The SMILES string of the molecule is CCCCC[C@H]1CC[C@H](CCCCC2CCC(c3ccc(CCC)c(F)c3F)CC2)CC1. The van der Waals surface area contributed by atoms with E-state index in [0.717, 1.165) is 37.0 Å². The summed E-state index contributed by atoms with van der Waals surface area (Å²) in [5, 5.41) is 0.